The molecule has 1 aliphatic rings. The number of hydrogen-bond donors (Lipinski definition) is 2. The molecule has 0 aliphatic carbocycles. The summed E-state index contributed by atoms with van der Waals surface area (Å²) < 4.78 is 13.4. The molecule has 1 heterocycles. The Hall–Kier alpha value is -0.940. The van der Waals surface area contributed by atoms with Crippen molar-refractivity contribution < 1.29 is 9.18 Å². The van der Waals surface area contributed by atoms with Gasteiger partial charge in [-0.2, -0.15) is 0 Å². The maximum Gasteiger partial charge on any atom is 0.224 e. The van der Waals surface area contributed by atoms with Gasteiger partial charge in [-0.15, -0.1) is 0 Å². The normalized spacial score (nSPS) is 19.2. The van der Waals surface area contributed by atoms with Crippen molar-refractivity contribution in [1.82, 2.24) is 5.32 Å². The summed E-state index contributed by atoms with van der Waals surface area (Å²) in [5, 5.41) is 6.14. The van der Waals surface area contributed by atoms with Crippen molar-refractivity contribution in [3.05, 3.63) is 28.5 Å². The van der Waals surface area contributed by atoms with Crippen LogP contribution in [0.25, 0.3) is 0 Å². The van der Waals surface area contributed by atoms with Gasteiger partial charge in [0.05, 0.1) is 4.47 Å². The minimum Gasteiger partial charge on any atom is -0.326 e. The molecule has 1 aliphatic heterocycles. The predicted molar refractivity (Wildman–Crippen MR) is 77.6 cm³/mol. The first kappa shape index (κ1) is 14.5. The van der Waals surface area contributed by atoms with Gasteiger partial charge in [-0.1, -0.05) is 0 Å². The SMILES string of the molecule is O=C(CCC1CCCNC1)Nc1ccc(F)c(Br)c1. The largest absolute Gasteiger partial charge is 0.326 e. The molecule has 1 unspecified atom stereocenters. The summed E-state index contributed by atoms with van der Waals surface area (Å²) in [6, 6.07) is 4.49. The van der Waals surface area contributed by atoms with Gasteiger partial charge in [0.25, 0.3) is 0 Å². The van der Waals surface area contributed by atoms with Crippen LogP contribution in [-0.4, -0.2) is 19.0 Å². The summed E-state index contributed by atoms with van der Waals surface area (Å²) in [4.78, 5) is 11.8. The van der Waals surface area contributed by atoms with E-state index in [1.165, 1.54) is 18.9 Å². The lowest BCUT2D eigenvalue weighted by molar-refractivity contribution is -0.116. The average molecular weight is 329 g/mol. The number of nitrogens with one attached hydrogen (secondary N) is 2. The zero-order chi connectivity index (χ0) is 13.7. The molecule has 0 saturated carbocycles. The standard InChI is InChI=1S/C14H18BrFN2O/c15-12-8-11(4-5-13(12)16)18-14(19)6-3-10-2-1-7-17-9-10/h4-5,8,10,17H,1-3,6-7,9H2,(H,18,19). The van der Waals surface area contributed by atoms with Crippen LogP contribution in [0, 0.1) is 11.7 Å². The Morgan fingerprint density at radius 2 is 2.37 bits per heavy atom. The van der Waals surface area contributed by atoms with E-state index in [-0.39, 0.29) is 11.7 Å². The molecule has 0 spiro atoms. The lowest BCUT2D eigenvalue weighted by atomic mass is 9.94. The lowest BCUT2D eigenvalue weighted by Gasteiger charge is -2.22. The summed E-state index contributed by atoms with van der Waals surface area (Å²) in [7, 11) is 0. The number of rotatable bonds is 4. The third kappa shape index (κ3) is 4.58. The van der Waals surface area contributed by atoms with Crippen LogP contribution in [0.5, 0.6) is 0 Å². The average Bonchev–Trinajstić information content (AvgIpc) is 2.42. The second-order valence-corrected chi connectivity index (χ2v) is 5.78. The van der Waals surface area contributed by atoms with Crippen LogP contribution in [0.2, 0.25) is 0 Å². The molecular weight excluding hydrogens is 311 g/mol. The molecule has 3 nitrogen and oxygen atoms in total. The quantitative estimate of drug-likeness (QED) is 0.890. The predicted octanol–water partition coefficient (Wildman–Crippen LogP) is 3.31. The Balaban J connectivity index is 1.78. The number of carbonyl (C=O) groups excluding carboxylic acids is 1. The molecule has 104 valence electrons. The molecule has 1 saturated heterocycles. The molecule has 0 radical (unpaired) electrons. The highest BCUT2D eigenvalue weighted by atomic mass is 79.9. The highest BCUT2D eigenvalue weighted by Crippen LogP contribution is 2.21. The minimum atomic E-state index is -0.328. The fourth-order valence-corrected chi connectivity index (χ4v) is 2.68. The topological polar surface area (TPSA) is 41.1 Å². The maximum absolute atomic E-state index is 13.1. The fourth-order valence-electron chi connectivity index (χ4n) is 2.30. The second kappa shape index (κ2) is 7.01. The highest BCUT2D eigenvalue weighted by molar-refractivity contribution is 9.10. The minimum absolute atomic E-state index is 0.0101. The number of anilines is 1. The molecule has 19 heavy (non-hydrogen) atoms. The number of carbonyl (C=O) groups is 1. The van der Waals surface area contributed by atoms with E-state index >= 15 is 0 Å². The lowest BCUT2D eigenvalue weighted by Crippen LogP contribution is -2.30. The van der Waals surface area contributed by atoms with Gasteiger partial charge < -0.3 is 10.6 Å². The van der Waals surface area contributed by atoms with Gasteiger partial charge in [0, 0.05) is 12.1 Å². The summed E-state index contributed by atoms with van der Waals surface area (Å²) in [5.74, 6) is 0.259. The Kier molecular flexibility index (Phi) is 5.34. The maximum atomic E-state index is 13.1. The Morgan fingerprint density at radius 3 is 3.05 bits per heavy atom. The van der Waals surface area contributed by atoms with Crippen molar-refractivity contribution in [1.29, 1.82) is 0 Å². The van der Waals surface area contributed by atoms with Gasteiger partial charge in [-0.25, -0.2) is 4.39 Å². The van der Waals surface area contributed by atoms with Crippen LogP contribution < -0.4 is 10.6 Å². The first-order chi connectivity index (χ1) is 9.15. The van der Waals surface area contributed by atoms with Crippen LogP contribution in [0.4, 0.5) is 10.1 Å². The zero-order valence-electron chi connectivity index (χ0n) is 10.7. The van der Waals surface area contributed by atoms with E-state index in [1.807, 2.05) is 0 Å². The van der Waals surface area contributed by atoms with Crippen molar-refractivity contribution in [2.24, 2.45) is 5.92 Å². The molecule has 0 bridgehead atoms. The Bertz CT molecular complexity index is 447. The van der Waals surface area contributed by atoms with Crippen LogP contribution in [0.1, 0.15) is 25.7 Å². The van der Waals surface area contributed by atoms with Crippen LogP contribution in [-0.2, 0) is 4.79 Å². The Labute approximate surface area is 121 Å². The molecule has 0 aromatic heterocycles. The molecule has 1 aromatic carbocycles. The van der Waals surface area contributed by atoms with Crippen LogP contribution >= 0.6 is 15.9 Å². The zero-order valence-corrected chi connectivity index (χ0v) is 12.3. The number of piperidine rings is 1. The Morgan fingerprint density at radius 1 is 1.53 bits per heavy atom. The van der Waals surface area contributed by atoms with Crippen molar-refractivity contribution in [3.63, 3.8) is 0 Å². The van der Waals surface area contributed by atoms with Crippen molar-refractivity contribution in [2.75, 3.05) is 18.4 Å². The fraction of sp³-hybridized carbons (Fsp3) is 0.500. The molecule has 1 amide bonds. The van der Waals surface area contributed by atoms with Gasteiger partial charge >= 0.3 is 0 Å². The smallest absolute Gasteiger partial charge is 0.224 e. The molecule has 2 rings (SSSR count). The van der Waals surface area contributed by atoms with Crippen LogP contribution in [0.15, 0.2) is 22.7 Å². The number of benzene rings is 1. The summed E-state index contributed by atoms with van der Waals surface area (Å²) in [6.07, 6.45) is 3.81. The molecule has 1 aromatic rings. The third-order valence-corrected chi connectivity index (χ3v) is 3.99. The van der Waals surface area contributed by atoms with E-state index in [0.29, 0.717) is 22.5 Å². The second-order valence-electron chi connectivity index (χ2n) is 4.93. The summed E-state index contributed by atoms with van der Waals surface area (Å²) in [6.45, 7) is 2.10. The van der Waals surface area contributed by atoms with Gasteiger partial charge in [-0.05, 0) is 72.4 Å². The van der Waals surface area contributed by atoms with E-state index in [9.17, 15) is 9.18 Å². The molecule has 2 N–H and O–H groups in total. The van der Waals surface area contributed by atoms with Crippen molar-refractivity contribution >= 4 is 27.5 Å². The van der Waals surface area contributed by atoms with Crippen LogP contribution in [0.3, 0.4) is 0 Å². The van der Waals surface area contributed by atoms with Gasteiger partial charge in [0.2, 0.25) is 5.91 Å². The molecule has 5 heteroatoms. The van der Waals surface area contributed by atoms with Gasteiger partial charge in [0.1, 0.15) is 5.82 Å². The van der Waals surface area contributed by atoms with Crippen molar-refractivity contribution in [3.8, 4) is 0 Å². The number of halogens is 2. The van der Waals surface area contributed by atoms with Gasteiger partial charge in [0.15, 0.2) is 0 Å². The van der Waals surface area contributed by atoms with E-state index < -0.39 is 0 Å². The van der Waals surface area contributed by atoms with E-state index in [2.05, 4.69) is 26.6 Å². The highest BCUT2D eigenvalue weighted by Gasteiger charge is 2.14. The van der Waals surface area contributed by atoms with Gasteiger partial charge in [-0.3, -0.25) is 4.79 Å². The summed E-state index contributed by atoms with van der Waals surface area (Å²) >= 11 is 3.10. The molecular formula is C14H18BrFN2O. The van der Waals surface area contributed by atoms with E-state index in [0.717, 1.165) is 19.5 Å². The number of hydrogen-bond acceptors (Lipinski definition) is 2. The first-order valence-corrected chi connectivity index (χ1v) is 7.40. The van der Waals surface area contributed by atoms with Crippen molar-refractivity contribution in [2.45, 2.75) is 25.7 Å². The number of amides is 1. The third-order valence-electron chi connectivity index (χ3n) is 3.38. The first-order valence-electron chi connectivity index (χ1n) is 6.61. The monoisotopic (exact) mass is 328 g/mol. The summed E-state index contributed by atoms with van der Waals surface area (Å²) in [5.41, 5.74) is 0.625. The van der Waals surface area contributed by atoms with E-state index in [4.69, 9.17) is 0 Å². The molecule has 1 atom stereocenters. The van der Waals surface area contributed by atoms with E-state index in [1.54, 1.807) is 12.1 Å². The molecule has 1 fully saturated rings.